The highest BCUT2D eigenvalue weighted by Gasteiger charge is 2.51. The van der Waals surface area contributed by atoms with Crippen LogP contribution in [-0.4, -0.2) is 11.6 Å². The van der Waals surface area contributed by atoms with Crippen LogP contribution in [0.15, 0.2) is 97.1 Å². The Labute approximate surface area is 181 Å². The first kappa shape index (κ1) is 19.3. The first-order valence-corrected chi connectivity index (χ1v) is 10.6. The van der Waals surface area contributed by atoms with Gasteiger partial charge in [-0.1, -0.05) is 84.9 Å². The van der Waals surface area contributed by atoms with Crippen LogP contribution in [0, 0.1) is 0 Å². The lowest BCUT2D eigenvalue weighted by Gasteiger charge is -2.34. The summed E-state index contributed by atoms with van der Waals surface area (Å²) in [5.74, 6) is -0.246. The summed E-state index contributed by atoms with van der Waals surface area (Å²) in [4.78, 5) is 26.6. The molecule has 0 aliphatic carbocycles. The van der Waals surface area contributed by atoms with E-state index in [1.54, 1.807) is 6.92 Å². The molecule has 0 amide bonds. The van der Waals surface area contributed by atoms with E-state index in [-0.39, 0.29) is 23.9 Å². The number of ketones is 2. The lowest BCUT2D eigenvalue weighted by molar-refractivity contribution is -0.122. The lowest BCUT2D eigenvalue weighted by atomic mass is 9.72. The summed E-state index contributed by atoms with van der Waals surface area (Å²) >= 11 is 0. The van der Waals surface area contributed by atoms with Gasteiger partial charge in [0.1, 0.15) is 5.54 Å². The van der Waals surface area contributed by atoms with Crippen LogP contribution >= 0.6 is 0 Å². The molecule has 0 radical (unpaired) electrons. The zero-order valence-electron chi connectivity index (χ0n) is 17.3. The number of nitrogens with one attached hydrogen (secondary N) is 1. The second-order valence-electron chi connectivity index (χ2n) is 8.18. The van der Waals surface area contributed by atoms with Gasteiger partial charge in [-0.15, -0.1) is 0 Å². The van der Waals surface area contributed by atoms with E-state index in [0.717, 1.165) is 27.6 Å². The Hall–Kier alpha value is -3.72. The monoisotopic (exact) mass is 405 g/mol. The molecular formula is C28H23NO2. The van der Waals surface area contributed by atoms with E-state index in [4.69, 9.17) is 0 Å². The minimum atomic E-state index is -0.961. The fraction of sp³-hybridized carbons (Fsp3) is 0.143. The van der Waals surface area contributed by atoms with Gasteiger partial charge in [-0.25, -0.2) is 0 Å². The smallest absolute Gasteiger partial charge is 0.163 e. The number of fused-ring (bicyclic) bond motifs is 2. The Morgan fingerprint density at radius 3 is 2.26 bits per heavy atom. The van der Waals surface area contributed by atoms with Gasteiger partial charge in [0.05, 0.1) is 0 Å². The van der Waals surface area contributed by atoms with E-state index in [2.05, 4.69) is 5.32 Å². The summed E-state index contributed by atoms with van der Waals surface area (Å²) in [5.41, 5.74) is 2.52. The van der Waals surface area contributed by atoms with Crippen molar-refractivity contribution in [1.82, 2.24) is 0 Å². The van der Waals surface area contributed by atoms with Crippen molar-refractivity contribution in [1.29, 1.82) is 0 Å². The number of rotatable bonds is 5. The van der Waals surface area contributed by atoms with Crippen molar-refractivity contribution in [3.8, 4) is 0 Å². The number of Topliss-reactive ketones (excluding diaryl/α,β-unsaturated/α-hetero) is 2. The molecule has 0 saturated carbocycles. The molecular weight excluding hydrogens is 382 g/mol. The van der Waals surface area contributed by atoms with Gasteiger partial charge in [-0.2, -0.15) is 0 Å². The van der Waals surface area contributed by atoms with Crippen LogP contribution in [0.1, 0.15) is 40.7 Å². The maximum absolute atomic E-state index is 13.5. The van der Waals surface area contributed by atoms with E-state index in [9.17, 15) is 9.59 Å². The summed E-state index contributed by atoms with van der Waals surface area (Å²) in [6.07, 6.45) is 0.247. The number of benzene rings is 4. The van der Waals surface area contributed by atoms with Crippen LogP contribution in [-0.2, 0) is 10.3 Å². The second-order valence-corrected chi connectivity index (χ2v) is 8.18. The minimum Gasteiger partial charge on any atom is -0.368 e. The number of anilines is 1. The molecule has 0 fully saturated rings. The predicted octanol–water partition coefficient (Wildman–Crippen LogP) is 6.11. The van der Waals surface area contributed by atoms with Crippen molar-refractivity contribution in [2.45, 2.75) is 24.8 Å². The minimum absolute atomic E-state index is 0.00575. The molecule has 4 aromatic carbocycles. The number of carbonyl (C=O) groups is 2. The topological polar surface area (TPSA) is 46.2 Å². The van der Waals surface area contributed by atoms with Crippen LogP contribution in [0.3, 0.4) is 0 Å². The van der Waals surface area contributed by atoms with Crippen molar-refractivity contribution < 1.29 is 9.59 Å². The number of hydrogen-bond donors (Lipinski definition) is 1. The molecule has 31 heavy (non-hydrogen) atoms. The van der Waals surface area contributed by atoms with Gasteiger partial charge in [0.2, 0.25) is 0 Å². The normalized spacial score (nSPS) is 19.6. The Morgan fingerprint density at radius 2 is 1.48 bits per heavy atom. The van der Waals surface area contributed by atoms with E-state index in [0.29, 0.717) is 5.56 Å². The average molecular weight is 405 g/mol. The van der Waals surface area contributed by atoms with E-state index >= 15 is 0 Å². The number of carbonyl (C=O) groups excluding carboxylic acids is 2. The molecule has 0 aromatic heterocycles. The summed E-state index contributed by atoms with van der Waals surface area (Å²) in [6.45, 7) is 1.61. The van der Waals surface area contributed by atoms with Gasteiger partial charge >= 0.3 is 0 Å². The van der Waals surface area contributed by atoms with Crippen LogP contribution in [0.4, 0.5) is 5.69 Å². The summed E-state index contributed by atoms with van der Waals surface area (Å²) in [6, 6.07) is 31.5. The molecule has 1 N–H and O–H groups in total. The van der Waals surface area contributed by atoms with Crippen molar-refractivity contribution in [3.05, 3.63) is 114 Å². The molecule has 0 saturated heterocycles. The van der Waals surface area contributed by atoms with Crippen molar-refractivity contribution >= 4 is 28.0 Å². The summed E-state index contributed by atoms with van der Waals surface area (Å²) in [7, 11) is 0. The molecule has 3 heteroatoms. The third-order valence-corrected chi connectivity index (χ3v) is 6.44. The van der Waals surface area contributed by atoms with Gasteiger partial charge in [0, 0.05) is 23.6 Å². The zero-order valence-corrected chi connectivity index (χ0v) is 17.3. The number of hydrogen-bond acceptors (Lipinski definition) is 3. The molecule has 2 atom stereocenters. The number of para-hydroxylation sites is 1. The third-order valence-electron chi connectivity index (χ3n) is 6.44. The van der Waals surface area contributed by atoms with Crippen molar-refractivity contribution in [2.75, 3.05) is 5.32 Å². The molecule has 1 aliphatic heterocycles. The Balaban J connectivity index is 1.59. The molecule has 1 heterocycles. The molecule has 152 valence electrons. The fourth-order valence-corrected chi connectivity index (χ4v) is 4.89. The molecule has 0 bridgehead atoms. The zero-order chi connectivity index (χ0) is 21.4. The lowest BCUT2D eigenvalue weighted by Crippen LogP contribution is -2.44. The molecule has 3 nitrogen and oxygen atoms in total. The highest BCUT2D eigenvalue weighted by atomic mass is 16.1. The highest BCUT2D eigenvalue weighted by Crippen LogP contribution is 2.51. The quantitative estimate of drug-likeness (QED) is 0.408. The molecule has 1 aliphatic rings. The van der Waals surface area contributed by atoms with E-state index in [1.165, 1.54) is 0 Å². The molecule has 0 spiro atoms. The van der Waals surface area contributed by atoms with Crippen molar-refractivity contribution in [2.24, 2.45) is 0 Å². The largest absolute Gasteiger partial charge is 0.368 e. The summed E-state index contributed by atoms with van der Waals surface area (Å²) < 4.78 is 0. The Morgan fingerprint density at radius 1 is 0.806 bits per heavy atom. The average Bonchev–Trinajstić information content (AvgIpc) is 3.14. The van der Waals surface area contributed by atoms with E-state index in [1.807, 2.05) is 97.1 Å². The SMILES string of the molecule is CC(=O)[C@]1(c2ccccc2)Nc2ccccc2[C@H]1CC(=O)c1ccc2ccccc2c1. The van der Waals surface area contributed by atoms with Crippen LogP contribution in [0.2, 0.25) is 0 Å². The first-order chi connectivity index (χ1) is 15.1. The first-order valence-electron chi connectivity index (χ1n) is 10.6. The van der Waals surface area contributed by atoms with Gasteiger partial charge in [-0.3, -0.25) is 9.59 Å². The Bertz CT molecular complexity index is 1290. The van der Waals surface area contributed by atoms with E-state index < -0.39 is 5.54 Å². The van der Waals surface area contributed by atoms with Gasteiger partial charge in [0.15, 0.2) is 11.6 Å². The second kappa shape index (κ2) is 7.51. The molecule has 0 unspecified atom stereocenters. The summed E-state index contributed by atoms with van der Waals surface area (Å²) in [5, 5.41) is 5.65. The van der Waals surface area contributed by atoms with Crippen LogP contribution in [0.25, 0.3) is 10.8 Å². The Kier molecular flexibility index (Phi) is 4.67. The van der Waals surface area contributed by atoms with Gasteiger partial charge in [-0.05, 0) is 41.0 Å². The molecule has 4 aromatic rings. The standard InChI is InChI=1S/C28H23NO2/c1-19(30)28(23-11-3-2-4-12-23)25(24-13-7-8-14-26(24)29-28)18-27(31)22-16-15-20-9-5-6-10-21(20)17-22/h2-17,25,29H,18H2,1H3/t25-,28-/m1/s1. The van der Waals surface area contributed by atoms with Gasteiger partial charge in [0.25, 0.3) is 0 Å². The van der Waals surface area contributed by atoms with Gasteiger partial charge < -0.3 is 5.32 Å². The predicted molar refractivity (Wildman–Crippen MR) is 125 cm³/mol. The third kappa shape index (κ3) is 3.14. The fourth-order valence-electron chi connectivity index (χ4n) is 4.89. The van der Waals surface area contributed by atoms with Crippen LogP contribution < -0.4 is 5.32 Å². The maximum Gasteiger partial charge on any atom is 0.163 e. The molecule has 5 rings (SSSR count). The highest BCUT2D eigenvalue weighted by molar-refractivity contribution is 6.02. The van der Waals surface area contributed by atoms with Crippen molar-refractivity contribution in [3.63, 3.8) is 0 Å². The van der Waals surface area contributed by atoms with Crippen LogP contribution in [0.5, 0.6) is 0 Å². The maximum atomic E-state index is 13.5.